The van der Waals surface area contributed by atoms with E-state index in [1.165, 1.54) is 32.1 Å². The quantitative estimate of drug-likeness (QED) is 0.698. The van der Waals surface area contributed by atoms with E-state index in [1.807, 2.05) is 0 Å². The second kappa shape index (κ2) is 6.14. The SMILES string of the molecule is CCCC(=O)N(C(C)C)C1CCCCC1. The highest BCUT2D eigenvalue weighted by Crippen LogP contribution is 2.24. The minimum absolute atomic E-state index is 0.361. The van der Waals surface area contributed by atoms with Crippen LogP contribution in [0.3, 0.4) is 0 Å². The van der Waals surface area contributed by atoms with Crippen LogP contribution in [0.25, 0.3) is 0 Å². The first kappa shape index (κ1) is 12.5. The number of hydrogen-bond donors (Lipinski definition) is 0. The molecule has 1 saturated carbocycles. The van der Waals surface area contributed by atoms with E-state index in [-0.39, 0.29) is 0 Å². The van der Waals surface area contributed by atoms with Gasteiger partial charge in [0.05, 0.1) is 0 Å². The van der Waals surface area contributed by atoms with Gasteiger partial charge in [-0.15, -0.1) is 0 Å². The van der Waals surface area contributed by atoms with Gasteiger partial charge in [0.1, 0.15) is 0 Å². The molecule has 88 valence electrons. The Bertz CT molecular complexity index is 195. The second-order valence-corrected chi connectivity index (χ2v) is 4.94. The van der Waals surface area contributed by atoms with Crippen molar-refractivity contribution in [3.05, 3.63) is 0 Å². The average molecular weight is 211 g/mol. The van der Waals surface area contributed by atoms with Crippen molar-refractivity contribution < 1.29 is 4.79 Å². The fourth-order valence-corrected chi connectivity index (χ4v) is 2.62. The van der Waals surface area contributed by atoms with E-state index in [0.29, 0.717) is 24.4 Å². The van der Waals surface area contributed by atoms with Crippen LogP contribution in [0, 0.1) is 0 Å². The molecule has 0 aromatic carbocycles. The highest BCUT2D eigenvalue weighted by atomic mass is 16.2. The lowest BCUT2D eigenvalue weighted by Crippen LogP contribution is -2.45. The van der Waals surface area contributed by atoms with Crippen molar-refractivity contribution in [2.24, 2.45) is 0 Å². The predicted molar refractivity (Wildman–Crippen MR) is 63.8 cm³/mol. The molecule has 0 aromatic rings. The molecule has 0 saturated heterocycles. The van der Waals surface area contributed by atoms with E-state index in [0.717, 1.165) is 6.42 Å². The first-order valence-corrected chi connectivity index (χ1v) is 6.48. The molecule has 1 aliphatic rings. The van der Waals surface area contributed by atoms with Gasteiger partial charge in [0, 0.05) is 18.5 Å². The summed E-state index contributed by atoms with van der Waals surface area (Å²) < 4.78 is 0. The van der Waals surface area contributed by atoms with E-state index in [4.69, 9.17) is 0 Å². The maximum absolute atomic E-state index is 12.0. The third kappa shape index (κ3) is 3.51. The third-order valence-corrected chi connectivity index (χ3v) is 3.28. The molecule has 0 atom stereocenters. The molecule has 0 aromatic heterocycles. The summed E-state index contributed by atoms with van der Waals surface area (Å²) in [5.74, 6) is 0.361. The molecule has 2 heteroatoms. The number of carbonyl (C=O) groups is 1. The third-order valence-electron chi connectivity index (χ3n) is 3.28. The fourth-order valence-electron chi connectivity index (χ4n) is 2.62. The van der Waals surface area contributed by atoms with Gasteiger partial charge < -0.3 is 4.90 Å². The van der Waals surface area contributed by atoms with Gasteiger partial charge >= 0.3 is 0 Å². The van der Waals surface area contributed by atoms with Gasteiger partial charge in [-0.25, -0.2) is 0 Å². The van der Waals surface area contributed by atoms with Crippen molar-refractivity contribution in [3.8, 4) is 0 Å². The zero-order chi connectivity index (χ0) is 11.3. The van der Waals surface area contributed by atoms with Crippen LogP contribution < -0.4 is 0 Å². The van der Waals surface area contributed by atoms with Crippen molar-refractivity contribution in [2.45, 2.75) is 77.8 Å². The molecule has 1 amide bonds. The minimum Gasteiger partial charge on any atom is -0.337 e. The van der Waals surface area contributed by atoms with Crippen molar-refractivity contribution >= 4 is 5.91 Å². The van der Waals surface area contributed by atoms with Crippen LogP contribution in [0.5, 0.6) is 0 Å². The molecule has 0 unspecified atom stereocenters. The summed E-state index contributed by atoms with van der Waals surface area (Å²) in [4.78, 5) is 14.2. The molecule has 0 N–H and O–H groups in total. The molecule has 2 nitrogen and oxygen atoms in total. The summed E-state index contributed by atoms with van der Waals surface area (Å²) in [7, 11) is 0. The Morgan fingerprint density at radius 3 is 2.33 bits per heavy atom. The first-order chi connectivity index (χ1) is 7.16. The second-order valence-electron chi connectivity index (χ2n) is 4.94. The summed E-state index contributed by atoms with van der Waals surface area (Å²) in [6, 6.07) is 0.893. The van der Waals surface area contributed by atoms with E-state index >= 15 is 0 Å². The lowest BCUT2D eigenvalue weighted by Gasteiger charge is -2.37. The zero-order valence-electron chi connectivity index (χ0n) is 10.5. The Kier molecular flexibility index (Phi) is 5.13. The fraction of sp³-hybridized carbons (Fsp3) is 0.923. The smallest absolute Gasteiger partial charge is 0.223 e. The van der Waals surface area contributed by atoms with Crippen LogP contribution in [-0.2, 0) is 4.79 Å². The molecule has 0 heterocycles. The van der Waals surface area contributed by atoms with E-state index in [1.54, 1.807) is 0 Å². The minimum atomic E-state index is 0.361. The summed E-state index contributed by atoms with van der Waals surface area (Å²) in [6.45, 7) is 6.36. The zero-order valence-corrected chi connectivity index (χ0v) is 10.5. The molecule has 15 heavy (non-hydrogen) atoms. The van der Waals surface area contributed by atoms with Crippen LogP contribution in [0.1, 0.15) is 65.7 Å². The average Bonchev–Trinajstić information content (AvgIpc) is 2.19. The van der Waals surface area contributed by atoms with Crippen LogP contribution in [0.15, 0.2) is 0 Å². The highest BCUT2D eigenvalue weighted by Gasteiger charge is 2.26. The summed E-state index contributed by atoms with van der Waals surface area (Å²) >= 11 is 0. The van der Waals surface area contributed by atoms with Gasteiger partial charge in [-0.3, -0.25) is 4.79 Å². The van der Waals surface area contributed by atoms with Crippen molar-refractivity contribution in [2.75, 3.05) is 0 Å². The molecule has 0 spiro atoms. The number of amides is 1. The molecular formula is C13H25NO. The summed E-state index contributed by atoms with van der Waals surface area (Å²) in [5, 5.41) is 0. The van der Waals surface area contributed by atoms with Gasteiger partial charge in [-0.2, -0.15) is 0 Å². The lowest BCUT2D eigenvalue weighted by molar-refractivity contribution is -0.136. The molecule has 0 aliphatic heterocycles. The Morgan fingerprint density at radius 1 is 1.27 bits per heavy atom. The number of carbonyl (C=O) groups excluding carboxylic acids is 1. The van der Waals surface area contributed by atoms with E-state index in [9.17, 15) is 4.79 Å². The predicted octanol–water partition coefficient (Wildman–Crippen LogP) is 3.36. The van der Waals surface area contributed by atoms with Crippen LogP contribution in [-0.4, -0.2) is 22.9 Å². The van der Waals surface area contributed by atoms with Crippen LogP contribution in [0.2, 0.25) is 0 Å². The van der Waals surface area contributed by atoms with Crippen molar-refractivity contribution in [1.29, 1.82) is 0 Å². The molecule has 1 fully saturated rings. The van der Waals surface area contributed by atoms with Crippen LogP contribution in [0.4, 0.5) is 0 Å². The number of nitrogens with zero attached hydrogens (tertiary/aromatic N) is 1. The molecule has 1 aliphatic carbocycles. The number of hydrogen-bond acceptors (Lipinski definition) is 1. The molecule has 1 rings (SSSR count). The number of rotatable bonds is 4. The largest absolute Gasteiger partial charge is 0.337 e. The normalized spacial score (nSPS) is 18.1. The van der Waals surface area contributed by atoms with E-state index < -0.39 is 0 Å². The summed E-state index contributed by atoms with van der Waals surface area (Å²) in [5.41, 5.74) is 0. The molecule has 0 bridgehead atoms. The topological polar surface area (TPSA) is 20.3 Å². The summed E-state index contributed by atoms with van der Waals surface area (Å²) in [6.07, 6.45) is 8.07. The van der Waals surface area contributed by atoms with Gasteiger partial charge in [-0.1, -0.05) is 26.2 Å². The van der Waals surface area contributed by atoms with Crippen LogP contribution >= 0.6 is 0 Å². The lowest BCUT2D eigenvalue weighted by atomic mass is 9.93. The Hall–Kier alpha value is -0.530. The Morgan fingerprint density at radius 2 is 1.87 bits per heavy atom. The Labute approximate surface area is 94.0 Å². The monoisotopic (exact) mass is 211 g/mol. The van der Waals surface area contributed by atoms with Crippen molar-refractivity contribution in [3.63, 3.8) is 0 Å². The maximum Gasteiger partial charge on any atom is 0.223 e. The first-order valence-electron chi connectivity index (χ1n) is 6.48. The van der Waals surface area contributed by atoms with Gasteiger partial charge in [0.2, 0.25) is 5.91 Å². The standard InChI is InChI=1S/C13H25NO/c1-4-8-13(15)14(11(2)3)12-9-6-5-7-10-12/h11-12H,4-10H2,1-3H3. The molecule has 0 radical (unpaired) electrons. The maximum atomic E-state index is 12.0. The Balaban J connectivity index is 2.59. The van der Waals surface area contributed by atoms with Gasteiger partial charge in [-0.05, 0) is 33.1 Å². The van der Waals surface area contributed by atoms with Gasteiger partial charge in [0.15, 0.2) is 0 Å². The highest BCUT2D eigenvalue weighted by molar-refractivity contribution is 5.76. The van der Waals surface area contributed by atoms with Crippen molar-refractivity contribution in [1.82, 2.24) is 4.90 Å². The van der Waals surface area contributed by atoms with Gasteiger partial charge in [0.25, 0.3) is 0 Å². The van der Waals surface area contributed by atoms with E-state index in [2.05, 4.69) is 25.7 Å². The molecular weight excluding hydrogens is 186 g/mol.